The molecule has 2 heterocycles. The highest BCUT2D eigenvalue weighted by Gasteiger charge is 2.21. The molecule has 0 amide bonds. The standard InChI is InChI=1S/C13H17N3O2S/c1-8-5-6-9(19-8)11(14-2)12-13(18-4)16-10(17-3)7-15-12/h5-7,11,14H,1-4H3. The maximum absolute atomic E-state index is 5.31. The molecule has 0 aromatic carbocycles. The molecule has 102 valence electrons. The first-order chi connectivity index (χ1) is 9.19. The molecular weight excluding hydrogens is 262 g/mol. The van der Waals surface area contributed by atoms with Gasteiger partial charge in [-0.2, -0.15) is 4.98 Å². The van der Waals surface area contributed by atoms with Crippen molar-refractivity contribution in [1.29, 1.82) is 0 Å². The highest BCUT2D eigenvalue weighted by atomic mass is 32.1. The molecule has 0 spiro atoms. The van der Waals surface area contributed by atoms with Crippen LogP contribution in [0.2, 0.25) is 0 Å². The van der Waals surface area contributed by atoms with Gasteiger partial charge in [0.15, 0.2) is 0 Å². The maximum Gasteiger partial charge on any atom is 0.240 e. The van der Waals surface area contributed by atoms with E-state index in [0.29, 0.717) is 11.8 Å². The monoisotopic (exact) mass is 279 g/mol. The van der Waals surface area contributed by atoms with Gasteiger partial charge < -0.3 is 14.8 Å². The lowest BCUT2D eigenvalue weighted by molar-refractivity contribution is 0.353. The van der Waals surface area contributed by atoms with Gasteiger partial charge in [0.05, 0.1) is 26.5 Å². The van der Waals surface area contributed by atoms with Crippen molar-refractivity contribution in [2.24, 2.45) is 0 Å². The zero-order valence-corrected chi connectivity index (χ0v) is 12.2. The Labute approximate surface area is 116 Å². The van der Waals surface area contributed by atoms with Gasteiger partial charge in [0.2, 0.25) is 11.8 Å². The number of nitrogens with one attached hydrogen (secondary N) is 1. The lowest BCUT2D eigenvalue weighted by Crippen LogP contribution is -2.19. The van der Waals surface area contributed by atoms with Crippen molar-refractivity contribution in [3.05, 3.63) is 33.8 Å². The van der Waals surface area contributed by atoms with E-state index in [1.807, 2.05) is 7.05 Å². The van der Waals surface area contributed by atoms with Crippen LogP contribution in [0.4, 0.5) is 0 Å². The first-order valence-electron chi connectivity index (χ1n) is 5.88. The van der Waals surface area contributed by atoms with Crippen molar-refractivity contribution in [2.45, 2.75) is 13.0 Å². The largest absolute Gasteiger partial charge is 0.480 e. The second-order valence-corrected chi connectivity index (χ2v) is 5.30. The fourth-order valence-corrected chi connectivity index (χ4v) is 2.83. The lowest BCUT2D eigenvalue weighted by atomic mass is 10.1. The number of aromatic nitrogens is 2. The number of hydrogen-bond donors (Lipinski definition) is 1. The molecule has 0 saturated carbocycles. The Balaban J connectivity index is 2.43. The summed E-state index contributed by atoms with van der Waals surface area (Å²) in [5, 5.41) is 3.25. The minimum atomic E-state index is -0.0351. The molecule has 2 aromatic heterocycles. The van der Waals surface area contributed by atoms with Crippen LogP contribution in [0.15, 0.2) is 18.3 Å². The molecule has 0 saturated heterocycles. The zero-order chi connectivity index (χ0) is 13.8. The summed E-state index contributed by atoms with van der Waals surface area (Å²) in [5.41, 5.74) is 0.757. The topological polar surface area (TPSA) is 56.3 Å². The highest BCUT2D eigenvalue weighted by Crippen LogP contribution is 2.31. The fraction of sp³-hybridized carbons (Fsp3) is 0.385. The SMILES string of the molecule is CNC(c1ccc(C)s1)c1ncc(OC)nc1OC. The molecule has 0 aliphatic heterocycles. The number of aryl methyl sites for hydroxylation is 1. The third-order valence-corrected chi connectivity index (χ3v) is 3.82. The van der Waals surface area contributed by atoms with Crippen molar-refractivity contribution < 1.29 is 9.47 Å². The van der Waals surface area contributed by atoms with Crippen LogP contribution >= 0.6 is 11.3 Å². The number of thiophene rings is 1. The van der Waals surface area contributed by atoms with Gasteiger partial charge in [-0.15, -0.1) is 11.3 Å². The number of hydrogen-bond acceptors (Lipinski definition) is 6. The molecule has 19 heavy (non-hydrogen) atoms. The predicted molar refractivity (Wildman–Crippen MR) is 75.1 cm³/mol. The van der Waals surface area contributed by atoms with Crippen LogP contribution in [0.3, 0.4) is 0 Å². The third kappa shape index (κ3) is 2.85. The van der Waals surface area contributed by atoms with Gasteiger partial charge in [0.1, 0.15) is 5.69 Å². The summed E-state index contributed by atoms with van der Waals surface area (Å²) in [6.07, 6.45) is 1.60. The van der Waals surface area contributed by atoms with Crippen LogP contribution in [0.5, 0.6) is 11.8 Å². The van der Waals surface area contributed by atoms with Crippen molar-refractivity contribution in [3.8, 4) is 11.8 Å². The molecule has 0 fully saturated rings. The minimum Gasteiger partial charge on any atom is -0.480 e. The average Bonchev–Trinajstić information content (AvgIpc) is 2.86. The molecule has 1 atom stereocenters. The van der Waals surface area contributed by atoms with E-state index in [0.717, 1.165) is 5.69 Å². The van der Waals surface area contributed by atoms with Gasteiger partial charge >= 0.3 is 0 Å². The van der Waals surface area contributed by atoms with Gasteiger partial charge in [-0.1, -0.05) is 0 Å². The molecule has 1 unspecified atom stereocenters. The normalized spacial score (nSPS) is 12.2. The first-order valence-corrected chi connectivity index (χ1v) is 6.69. The molecule has 2 rings (SSSR count). The number of ether oxygens (including phenoxy) is 2. The van der Waals surface area contributed by atoms with Gasteiger partial charge in [-0.25, -0.2) is 4.98 Å². The van der Waals surface area contributed by atoms with E-state index < -0.39 is 0 Å². The molecule has 0 aliphatic rings. The maximum atomic E-state index is 5.31. The Morgan fingerprint density at radius 1 is 1.26 bits per heavy atom. The van der Waals surface area contributed by atoms with E-state index in [-0.39, 0.29) is 6.04 Å². The zero-order valence-electron chi connectivity index (χ0n) is 11.4. The second kappa shape index (κ2) is 5.99. The molecule has 0 bridgehead atoms. The Bertz CT molecular complexity index is 557. The van der Waals surface area contributed by atoms with Crippen LogP contribution in [-0.4, -0.2) is 31.2 Å². The summed E-state index contributed by atoms with van der Waals surface area (Å²) < 4.78 is 10.4. The fourth-order valence-electron chi connectivity index (χ4n) is 1.84. The first kappa shape index (κ1) is 13.8. The summed E-state index contributed by atoms with van der Waals surface area (Å²) in [5.74, 6) is 0.919. The molecule has 6 heteroatoms. The van der Waals surface area contributed by atoms with Gasteiger partial charge in [-0.05, 0) is 26.1 Å². The lowest BCUT2D eigenvalue weighted by Gasteiger charge is -2.16. The Morgan fingerprint density at radius 2 is 2.05 bits per heavy atom. The van der Waals surface area contributed by atoms with Gasteiger partial charge in [0.25, 0.3) is 0 Å². The Hall–Kier alpha value is -1.66. The second-order valence-electron chi connectivity index (χ2n) is 3.98. The summed E-state index contributed by atoms with van der Waals surface area (Å²) in [6, 6.07) is 4.15. The molecule has 0 radical (unpaired) electrons. The van der Waals surface area contributed by atoms with E-state index >= 15 is 0 Å². The van der Waals surface area contributed by atoms with E-state index in [4.69, 9.17) is 9.47 Å². The van der Waals surface area contributed by atoms with E-state index in [1.165, 1.54) is 9.75 Å². The van der Waals surface area contributed by atoms with Crippen LogP contribution in [0, 0.1) is 6.92 Å². The summed E-state index contributed by atoms with van der Waals surface area (Å²) in [6.45, 7) is 2.08. The van der Waals surface area contributed by atoms with E-state index in [1.54, 1.807) is 31.8 Å². The van der Waals surface area contributed by atoms with Gasteiger partial charge in [-0.3, -0.25) is 0 Å². The average molecular weight is 279 g/mol. The van der Waals surface area contributed by atoms with Crippen molar-refractivity contribution in [2.75, 3.05) is 21.3 Å². The Morgan fingerprint density at radius 3 is 2.58 bits per heavy atom. The number of nitrogens with zero attached hydrogens (tertiary/aromatic N) is 2. The predicted octanol–water partition coefficient (Wildman–Crippen LogP) is 2.17. The van der Waals surface area contributed by atoms with Crippen LogP contribution in [-0.2, 0) is 0 Å². The smallest absolute Gasteiger partial charge is 0.240 e. The highest BCUT2D eigenvalue weighted by molar-refractivity contribution is 7.12. The minimum absolute atomic E-state index is 0.0351. The summed E-state index contributed by atoms with van der Waals surface area (Å²) >= 11 is 1.73. The van der Waals surface area contributed by atoms with Crippen molar-refractivity contribution >= 4 is 11.3 Å². The molecule has 1 N–H and O–H groups in total. The van der Waals surface area contributed by atoms with Gasteiger partial charge in [0, 0.05) is 9.75 Å². The molecule has 5 nitrogen and oxygen atoms in total. The van der Waals surface area contributed by atoms with Crippen molar-refractivity contribution in [1.82, 2.24) is 15.3 Å². The Kier molecular flexibility index (Phi) is 4.34. The van der Waals surface area contributed by atoms with Crippen LogP contribution < -0.4 is 14.8 Å². The molecule has 0 aliphatic carbocycles. The number of rotatable bonds is 5. The third-order valence-electron chi connectivity index (χ3n) is 2.76. The van der Waals surface area contributed by atoms with E-state index in [9.17, 15) is 0 Å². The van der Waals surface area contributed by atoms with Crippen LogP contribution in [0.25, 0.3) is 0 Å². The van der Waals surface area contributed by atoms with E-state index in [2.05, 4.69) is 34.3 Å². The molecular formula is C13H17N3O2S. The summed E-state index contributed by atoms with van der Waals surface area (Å²) in [4.78, 5) is 11.1. The molecule has 2 aromatic rings. The van der Waals surface area contributed by atoms with Crippen LogP contribution in [0.1, 0.15) is 21.5 Å². The quantitative estimate of drug-likeness (QED) is 0.909. The summed E-state index contributed by atoms with van der Waals surface area (Å²) in [7, 11) is 5.03. The number of methoxy groups -OCH3 is 2. The van der Waals surface area contributed by atoms with Crippen molar-refractivity contribution in [3.63, 3.8) is 0 Å².